The summed E-state index contributed by atoms with van der Waals surface area (Å²) in [5.74, 6) is -1.42. The van der Waals surface area contributed by atoms with E-state index in [2.05, 4.69) is 10.6 Å². The molecule has 0 radical (unpaired) electrons. The van der Waals surface area contributed by atoms with Gasteiger partial charge in [0.2, 0.25) is 23.6 Å². The van der Waals surface area contributed by atoms with E-state index in [1.807, 2.05) is 6.92 Å². The van der Waals surface area contributed by atoms with Crippen LogP contribution in [-0.4, -0.2) is 252 Å². The highest BCUT2D eigenvalue weighted by atomic mass is 32.2. The number of amides is 4. The summed E-state index contributed by atoms with van der Waals surface area (Å²) in [5.41, 5.74) is 0. The zero-order valence-corrected chi connectivity index (χ0v) is 40.9. The highest BCUT2D eigenvalue weighted by molar-refractivity contribution is 8.00. The minimum absolute atomic E-state index is 0.00555. The van der Waals surface area contributed by atoms with E-state index in [9.17, 15) is 29.4 Å². The van der Waals surface area contributed by atoms with Crippen LogP contribution in [0.25, 0.3) is 0 Å². The van der Waals surface area contributed by atoms with Crippen molar-refractivity contribution in [3.05, 3.63) is 0 Å². The highest BCUT2D eigenvalue weighted by Crippen LogP contribution is 2.27. The fraction of sp³-hybridized carbons (Fsp3) is 0.909. The fourth-order valence-corrected chi connectivity index (χ4v) is 7.54. The maximum absolute atomic E-state index is 12.8. The Kier molecular flexibility index (Phi) is 37.8. The molecular formula is C44H81N3O19S. The summed E-state index contributed by atoms with van der Waals surface area (Å²) in [6.45, 7) is 16.8. The Hall–Kier alpha value is -2.17. The van der Waals surface area contributed by atoms with E-state index in [1.165, 1.54) is 11.8 Å². The van der Waals surface area contributed by atoms with Gasteiger partial charge in [-0.05, 0) is 13.8 Å². The zero-order valence-electron chi connectivity index (χ0n) is 40.1. The summed E-state index contributed by atoms with van der Waals surface area (Å²) >= 11 is 1.21. The molecule has 2 aliphatic rings. The summed E-state index contributed by atoms with van der Waals surface area (Å²) < 4.78 is 71.0. The van der Waals surface area contributed by atoms with Gasteiger partial charge >= 0.3 is 0 Å². The number of aliphatic hydroxyl groups excluding tert-OH is 2. The van der Waals surface area contributed by atoms with E-state index in [0.717, 1.165) is 4.90 Å². The van der Waals surface area contributed by atoms with Crippen LogP contribution in [0.2, 0.25) is 0 Å². The van der Waals surface area contributed by atoms with Crippen LogP contribution in [0.3, 0.4) is 0 Å². The van der Waals surface area contributed by atoms with E-state index in [1.54, 1.807) is 13.8 Å². The number of likely N-dealkylation sites (tertiary alicyclic amines) is 1. The molecule has 392 valence electrons. The number of nitrogens with zero attached hydrogens (tertiary/aromatic N) is 1. The van der Waals surface area contributed by atoms with Gasteiger partial charge < -0.3 is 82.4 Å². The maximum Gasteiger partial charge on any atom is 0.242 e. The minimum Gasteiger partial charge on any atom is -0.394 e. The predicted molar refractivity (Wildman–Crippen MR) is 244 cm³/mol. The number of carbonyl (C=O) groups is 4. The lowest BCUT2D eigenvalue weighted by Crippen LogP contribution is -2.60. The Balaban J connectivity index is 1.26. The lowest BCUT2D eigenvalue weighted by Gasteiger charge is -2.42. The van der Waals surface area contributed by atoms with Crippen LogP contribution in [0.4, 0.5) is 0 Å². The van der Waals surface area contributed by atoms with E-state index < -0.39 is 29.6 Å². The van der Waals surface area contributed by atoms with Crippen molar-refractivity contribution < 1.29 is 91.0 Å². The van der Waals surface area contributed by atoms with Gasteiger partial charge in [0.05, 0.1) is 188 Å². The maximum atomic E-state index is 12.8. The Labute approximate surface area is 400 Å². The molecule has 23 heteroatoms. The Bertz CT molecular complexity index is 1270. The molecule has 0 saturated carbocycles. The van der Waals surface area contributed by atoms with Crippen molar-refractivity contribution in [1.82, 2.24) is 15.5 Å². The van der Waals surface area contributed by atoms with E-state index in [0.29, 0.717) is 158 Å². The van der Waals surface area contributed by atoms with Crippen molar-refractivity contribution >= 4 is 35.4 Å². The van der Waals surface area contributed by atoms with E-state index >= 15 is 0 Å². The van der Waals surface area contributed by atoms with E-state index in [4.69, 9.17) is 61.6 Å². The third kappa shape index (κ3) is 30.2. The monoisotopic (exact) mass is 988 g/mol. The second-order valence-corrected chi connectivity index (χ2v) is 16.5. The molecule has 4 amide bonds. The van der Waals surface area contributed by atoms with Crippen molar-refractivity contribution in [2.45, 2.75) is 69.6 Å². The fourth-order valence-electron chi connectivity index (χ4n) is 6.42. The molecule has 0 aromatic carbocycles. The Morgan fingerprint density at radius 2 is 1.03 bits per heavy atom. The molecule has 22 nitrogen and oxygen atoms in total. The van der Waals surface area contributed by atoms with Crippen LogP contribution in [0.5, 0.6) is 0 Å². The molecule has 1 unspecified atom stereocenters. The molecule has 0 bridgehead atoms. The Morgan fingerprint density at radius 1 is 0.627 bits per heavy atom. The third-order valence-electron chi connectivity index (χ3n) is 10.2. The van der Waals surface area contributed by atoms with Crippen molar-refractivity contribution in [2.24, 2.45) is 5.92 Å². The molecule has 67 heavy (non-hydrogen) atoms. The number of rotatable bonds is 46. The summed E-state index contributed by atoms with van der Waals surface area (Å²) in [7, 11) is 0. The van der Waals surface area contributed by atoms with Gasteiger partial charge in [-0.3, -0.25) is 24.1 Å². The Morgan fingerprint density at radius 3 is 1.43 bits per heavy atom. The number of hydrogen-bond donors (Lipinski definition) is 4. The molecule has 2 fully saturated rings. The molecule has 0 spiro atoms. The first-order valence-corrected chi connectivity index (χ1v) is 24.6. The van der Waals surface area contributed by atoms with Crippen molar-refractivity contribution in [2.75, 3.05) is 184 Å². The second-order valence-electron chi connectivity index (χ2n) is 15.2. The first kappa shape index (κ1) is 61.0. The molecule has 2 aliphatic heterocycles. The second kappa shape index (κ2) is 41.6. The van der Waals surface area contributed by atoms with E-state index in [-0.39, 0.29) is 75.1 Å². The number of nitrogens with one attached hydrogen (secondary N) is 2. The number of ether oxygens (including phenoxy) is 13. The summed E-state index contributed by atoms with van der Waals surface area (Å²) in [6, 6.07) is -0.626. The lowest BCUT2D eigenvalue weighted by atomic mass is 9.87. The smallest absolute Gasteiger partial charge is 0.242 e. The third-order valence-corrected chi connectivity index (χ3v) is 11.4. The molecule has 2 heterocycles. The van der Waals surface area contributed by atoms with Crippen LogP contribution < -0.4 is 10.6 Å². The first-order valence-electron chi connectivity index (χ1n) is 23.6. The average molecular weight is 988 g/mol. The van der Waals surface area contributed by atoms with Crippen LogP contribution in [0.1, 0.15) is 40.0 Å². The largest absolute Gasteiger partial charge is 0.394 e. The van der Waals surface area contributed by atoms with Gasteiger partial charge in [-0.15, -0.1) is 11.8 Å². The average Bonchev–Trinajstić information content (AvgIpc) is 3.59. The topological polar surface area (TPSA) is 256 Å². The number of thioether (sulfide) groups is 1. The van der Waals surface area contributed by atoms with Crippen LogP contribution >= 0.6 is 11.8 Å². The van der Waals surface area contributed by atoms with Gasteiger partial charge in [0.1, 0.15) is 0 Å². The number of aliphatic hydroxyl groups is 2. The summed E-state index contributed by atoms with van der Waals surface area (Å²) in [5, 5.41) is 24.9. The molecule has 2 rings (SSSR count). The zero-order chi connectivity index (χ0) is 48.6. The minimum atomic E-state index is -0.878. The van der Waals surface area contributed by atoms with Gasteiger partial charge in [0.15, 0.2) is 0 Å². The molecule has 0 aromatic rings. The first-order chi connectivity index (χ1) is 32.7. The SMILES string of the molecule is CCOCCOCCOCCOCCOCCOCCOCCOCCOCCOCCOCCOCCNC(=O)CCN1C(=O)CC(SCCC(=O)N[C@@H]2[C@@H](O)[C@H](C)[C@@H](CO)O[C@H]2C)C1=O. The standard InChI is InChI=1S/C44H81N3O19S/c1-4-54-10-11-56-14-15-58-18-19-60-22-23-62-26-27-64-30-31-65-29-28-63-25-24-61-21-20-59-17-16-57-13-12-55-9-7-45-39(49)5-8-47-41(51)33-38(44(47)53)67-32-6-40(50)46-42-36(3)66-37(34-48)35(2)43(42)52/h35-38,42-43,48,52H,4-34H2,1-3H3,(H,45,49)(H,46,50)/t35-,36+,37-,38?,42+,43+/m1/s1. The quantitative estimate of drug-likeness (QED) is 0.0431. The van der Waals surface area contributed by atoms with Gasteiger partial charge in [0, 0.05) is 50.6 Å². The number of carbonyl (C=O) groups excluding carboxylic acids is 4. The van der Waals surface area contributed by atoms with Gasteiger partial charge in [0.25, 0.3) is 0 Å². The predicted octanol–water partition coefficient (Wildman–Crippen LogP) is -0.776. The molecule has 6 atom stereocenters. The van der Waals surface area contributed by atoms with Crippen LogP contribution in [0.15, 0.2) is 0 Å². The number of hydrogen-bond acceptors (Lipinski definition) is 20. The number of imide groups is 1. The molecule has 4 N–H and O–H groups in total. The van der Waals surface area contributed by atoms with Crippen LogP contribution in [0, 0.1) is 5.92 Å². The van der Waals surface area contributed by atoms with Crippen molar-refractivity contribution in [1.29, 1.82) is 0 Å². The van der Waals surface area contributed by atoms with Crippen molar-refractivity contribution in [3.8, 4) is 0 Å². The van der Waals surface area contributed by atoms with Crippen molar-refractivity contribution in [3.63, 3.8) is 0 Å². The van der Waals surface area contributed by atoms with Gasteiger partial charge in [-0.2, -0.15) is 0 Å². The lowest BCUT2D eigenvalue weighted by molar-refractivity contribution is -0.161. The molecule has 0 aliphatic carbocycles. The highest BCUT2D eigenvalue weighted by Gasteiger charge is 2.42. The molecule has 0 aromatic heterocycles. The molecule has 2 saturated heterocycles. The normalized spacial score (nSPS) is 20.8. The molecular weight excluding hydrogens is 907 g/mol. The van der Waals surface area contributed by atoms with Gasteiger partial charge in [-0.1, -0.05) is 6.92 Å². The van der Waals surface area contributed by atoms with Gasteiger partial charge in [-0.25, -0.2) is 0 Å². The summed E-state index contributed by atoms with van der Waals surface area (Å²) in [4.78, 5) is 51.3. The van der Waals surface area contributed by atoms with Crippen LogP contribution in [-0.2, 0) is 80.8 Å². The summed E-state index contributed by atoms with van der Waals surface area (Å²) in [6.07, 6.45) is -1.82.